The molecule has 0 amide bonds. The number of non-ortho nitro benzene ring substituents is 1. The Labute approximate surface area is 144 Å². The minimum absolute atomic E-state index is 0.0882. The third-order valence-electron chi connectivity index (χ3n) is 6.29. The number of carbonyl (C=O) groups excluding carboxylic acids is 1. The number of carboxylic acids is 1. The third-order valence-corrected chi connectivity index (χ3v) is 6.29. The number of carboxylic acid groups (broad SMARTS) is 1. The van der Waals surface area contributed by atoms with Gasteiger partial charge in [0.2, 0.25) is 0 Å². The van der Waals surface area contributed by atoms with Gasteiger partial charge in [0.05, 0.1) is 16.9 Å². The second-order valence-electron chi connectivity index (χ2n) is 7.45. The standard InChI is InChI=1S/C19H18N2O4/c22-19(23)18-14-6-2-5-13(14)16-8-11(21(24)25)7-15-12-4-1-3-10(12)9-20(18)17(15)16/h1-2,4-5,7-8,10,12-14,18H,3,6,9H2,(H,22,23)/p-1/t10-,12-,13+,14+,18+/m1/s1. The fourth-order valence-electron chi connectivity index (χ4n) is 5.32. The molecule has 2 heterocycles. The summed E-state index contributed by atoms with van der Waals surface area (Å²) < 4.78 is 0. The summed E-state index contributed by atoms with van der Waals surface area (Å²) in [4.78, 5) is 25.1. The molecule has 0 saturated carbocycles. The minimum atomic E-state index is -1.04. The second-order valence-corrected chi connectivity index (χ2v) is 7.45. The molecule has 2 aliphatic carbocycles. The topological polar surface area (TPSA) is 86.5 Å². The Kier molecular flexibility index (Phi) is 2.90. The van der Waals surface area contributed by atoms with Crippen molar-refractivity contribution >= 4 is 17.3 Å². The first-order chi connectivity index (χ1) is 12.1. The lowest BCUT2D eigenvalue weighted by molar-refractivity contribution is -0.385. The van der Waals surface area contributed by atoms with Gasteiger partial charge in [-0.3, -0.25) is 10.1 Å². The van der Waals surface area contributed by atoms with Crippen molar-refractivity contribution in [2.45, 2.75) is 30.7 Å². The highest BCUT2D eigenvalue weighted by molar-refractivity contribution is 5.83. The SMILES string of the molecule is O=C([O-])[C@@H]1[C@H]2CC=C[C@@H]2c2cc([N+](=O)[O-])cc3c2N1C[C@H]1CC=C[C@@H]31. The quantitative estimate of drug-likeness (QED) is 0.467. The maximum Gasteiger partial charge on any atom is 0.270 e. The zero-order valence-corrected chi connectivity index (χ0v) is 13.5. The van der Waals surface area contributed by atoms with E-state index in [0.29, 0.717) is 13.0 Å². The summed E-state index contributed by atoms with van der Waals surface area (Å²) in [6.45, 7) is 0.664. The number of nitro benzene ring substituents is 1. The highest BCUT2D eigenvalue weighted by Gasteiger charge is 2.48. The zero-order valence-electron chi connectivity index (χ0n) is 13.5. The molecule has 5 rings (SSSR count). The van der Waals surface area contributed by atoms with Crippen LogP contribution in [0.4, 0.5) is 11.4 Å². The summed E-state index contributed by atoms with van der Waals surface area (Å²) in [5.41, 5.74) is 2.79. The van der Waals surface area contributed by atoms with Crippen molar-refractivity contribution in [3.63, 3.8) is 0 Å². The van der Waals surface area contributed by atoms with E-state index in [4.69, 9.17) is 0 Å². The van der Waals surface area contributed by atoms with Gasteiger partial charge in [-0.25, -0.2) is 0 Å². The fourth-order valence-corrected chi connectivity index (χ4v) is 5.32. The van der Waals surface area contributed by atoms with Crippen molar-refractivity contribution in [2.75, 3.05) is 11.4 Å². The van der Waals surface area contributed by atoms with E-state index in [9.17, 15) is 20.0 Å². The van der Waals surface area contributed by atoms with Crippen molar-refractivity contribution < 1.29 is 14.8 Å². The molecule has 0 unspecified atom stereocenters. The normalized spacial score (nSPS) is 33.8. The van der Waals surface area contributed by atoms with E-state index in [0.717, 1.165) is 23.2 Å². The number of allylic oxidation sites excluding steroid dienone is 4. The highest BCUT2D eigenvalue weighted by atomic mass is 16.6. The Morgan fingerprint density at radius 2 is 1.80 bits per heavy atom. The van der Waals surface area contributed by atoms with Crippen LogP contribution in [0.15, 0.2) is 36.4 Å². The Hall–Kier alpha value is -2.63. The minimum Gasteiger partial charge on any atom is -0.548 e. The Morgan fingerprint density at radius 3 is 2.52 bits per heavy atom. The van der Waals surface area contributed by atoms with Gasteiger partial charge in [0.25, 0.3) is 5.69 Å². The maximum absolute atomic E-state index is 12.0. The van der Waals surface area contributed by atoms with E-state index < -0.39 is 12.0 Å². The molecule has 128 valence electrons. The molecule has 4 aliphatic rings. The molecule has 25 heavy (non-hydrogen) atoms. The number of hydrogen-bond acceptors (Lipinski definition) is 5. The van der Waals surface area contributed by atoms with Crippen LogP contribution in [-0.2, 0) is 4.79 Å². The van der Waals surface area contributed by atoms with Crippen LogP contribution in [0.1, 0.15) is 35.8 Å². The molecule has 6 nitrogen and oxygen atoms in total. The van der Waals surface area contributed by atoms with Gasteiger partial charge in [0, 0.05) is 36.2 Å². The molecule has 5 atom stereocenters. The van der Waals surface area contributed by atoms with E-state index in [2.05, 4.69) is 12.2 Å². The number of hydrogen-bond donors (Lipinski definition) is 0. The van der Waals surface area contributed by atoms with Crippen molar-refractivity contribution in [3.8, 4) is 0 Å². The molecule has 0 bridgehead atoms. The first-order valence-corrected chi connectivity index (χ1v) is 8.69. The molecule has 1 aromatic rings. The Balaban J connectivity index is 1.79. The molecule has 0 spiro atoms. The number of rotatable bonds is 2. The monoisotopic (exact) mass is 337 g/mol. The van der Waals surface area contributed by atoms with Gasteiger partial charge in [-0.1, -0.05) is 24.3 Å². The fraction of sp³-hybridized carbons (Fsp3) is 0.421. The van der Waals surface area contributed by atoms with Gasteiger partial charge in [0.15, 0.2) is 0 Å². The van der Waals surface area contributed by atoms with Crippen molar-refractivity contribution in [1.29, 1.82) is 0 Å². The summed E-state index contributed by atoms with van der Waals surface area (Å²) >= 11 is 0. The number of benzene rings is 1. The Bertz CT molecular complexity index is 842. The van der Waals surface area contributed by atoms with Crippen LogP contribution in [0.5, 0.6) is 0 Å². The van der Waals surface area contributed by atoms with E-state index in [1.807, 2.05) is 17.1 Å². The largest absolute Gasteiger partial charge is 0.548 e. The molecule has 0 saturated heterocycles. The lowest BCUT2D eigenvalue weighted by Crippen LogP contribution is -2.58. The van der Waals surface area contributed by atoms with Gasteiger partial charge in [0.1, 0.15) is 0 Å². The molecular weight excluding hydrogens is 320 g/mol. The molecule has 1 aromatic carbocycles. The van der Waals surface area contributed by atoms with Crippen LogP contribution < -0.4 is 10.0 Å². The summed E-state index contributed by atoms with van der Waals surface area (Å²) in [6, 6.07) is 2.61. The van der Waals surface area contributed by atoms with Gasteiger partial charge in [-0.15, -0.1) is 0 Å². The predicted molar refractivity (Wildman–Crippen MR) is 89.2 cm³/mol. The van der Waals surface area contributed by atoms with Crippen molar-refractivity contribution in [2.24, 2.45) is 11.8 Å². The van der Waals surface area contributed by atoms with Crippen LogP contribution in [0.2, 0.25) is 0 Å². The van der Waals surface area contributed by atoms with Crippen molar-refractivity contribution in [3.05, 3.63) is 57.7 Å². The second kappa shape index (κ2) is 4.94. The number of aliphatic carboxylic acids is 1. The number of carbonyl (C=O) groups is 1. The summed E-state index contributed by atoms with van der Waals surface area (Å²) in [5.74, 6) is -0.838. The smallest absolute Gasteiger partial charge is 0.270 e. The van der Waals surface area contributed by atoms with E-state index in [1.165, 1.54) is 0 Å². The first-order valence-electron chi connectivity index (χ1n) is 8.69. The summed E-state index contributed by atoms with van der Waals surface area (Å²) in [6.07, 6.45) is 9.78. The van der Waals surface area contributed by atoms with Gasteiger partial charge < -0.3 is 14.8 Å². The predicted octanol–water partition coefficient (Wildman–Crippen LogP) is 1.87. The number of anilines is 1. The van der Waals surface area contributed by atoms with Gasteiger partial charge >= 0.3 is 0 Å². The highest BCUT2D eigenvalue weighted by Crippen LogP contribution is 2.55. The maximum atomic E-state index is 12.0. The van der Waals surface area contributed by atoms with Crippen LogP contribution in [0, 0.1) is 22.0 Å². The van der Waals surface area contributed by atoms with Crippen molar-refractivity contribution in [1.82, 2.24) is 0 Å². The van der Waals surface area contributed by atoms with Crippen LogP contribution >= 0.6 is 0 Å². The van der Waals surface area contributed by atoms with Crippen LogP contribution in [-0.4, -0.2) is 23.5 Å². The average molecular weight is 337 g/mol. The van der Waals surface area contributed by atoms with E-state index in [1.54, 1.807) is 12.1 Å². The summed E-state index contributed by atoms with van der Waals surface area (Å²) in [7, 11) is 0. The van der Waals surface area contributed by atoms with Gasteiger partial charge in [-0.2, -0.15) is 0 Å². The van der Waals surface area contributed by atoms with E-state index >= 15 is 0 Å². The number of fused-ring (bicyclic) bond motifs is 4. The molecule has 2 aliphatic heterocycles. The zero-order chi connectivity index (χ0) is 17.3. The summed E-state index contributed by atoms with van der Waals surface area (Å²) in [5, 5.41) is 23.4. The molecular formula is C19H17N2O4-. The van der Waals surface area contributed by atoms with Gasteiger partial charge in [-0.05, 0) is 35.8 Å². The molecule has 0 fully saturated rings. The lowest BCUT2D eigenvalue weighted by atomic mass is 9.72. The average Bonchev–Trinajstić information content (AvgIpc) is 3.23. The number of nitro groups is 1. The molecule has 0 aromatic heterocycles. The van der Waals surface area contributed by atoms with Crippen LogP contribution in [0.25, 0.3) is 0 Å². The lowest BCUT2D eigenvalue weighted by Gasteiger charge is -2.51. The Morgan fingerprint density at radius 1 is 1.12 bits per heavy atom. The molecule has 6 heteroatoms. The van der Waals surface area contributed by atoms with Crippen LogP contribution in [0.3, 0.4) is 0 Å². The molecule has 0 N–H and O–H groups in total. The third kappa shape index (κ3) is 1.88. The number of nitrogens with zero attached hydrogens (tertiary/aromatic N) is 2. The molecule has 0 radical (unpaired) electrons. The van der Waals surface area contributed by atoms with E-state index in [-0.39, 0.29) is 34.3 Å². The first kappa shape index (κ1) is 14.7.